The molecule has 0 atom stereocenters. The third kappa shape index (κ3) is 4.68. The van der Waals surface area contributed by atoms with Gasteiger partial charge in [0.25, 0.3) is 11.5 Å². The van der Waals surface area contributed by atoms with Crippen LogP contribution in [-0.2, 0) is 0 Å². The standard InChI is InChI=1S/C23H17N5O4/c29-20(28-24-13-14-5-7-16(8-6-14)22(31)32)15-9-11-17(12-10-15)25-23-26-19-4-2-1-3-18(19)21(30)27-23/h1-13H,(H,28,29)(H,31,32)(H2,25,26,27,30)/b24-13-. The molecule has 3 aromatic carbocycles. The smallest absolute Gasteiger partial charge is 0.335 e. The Morgan fingerprint density at radius 2 is 1.62 bits per heavy atom. The van der Waals surface area contributed by atoms with Crippen molar-refractivity contribution in [1.29, 1.82) is 0 Å². The van der Waals surface area contributed by atoms with E-state index in [0.29, 0.717) is 33.7 Å². The van der Waals surface area contributed by atoms with E-state index < -0.39 is 11.9 Å². The number of aromatic nitrogens is 2. The molecule has 0 aliphatic heterocycles. The zero-order chi connectivity index (χ0) is 22.5. The van der Waals surface area contributed by atoms with Crippen LogP contribution in [0.1, 0.15) is 26.3 Å². The molecule has 158 valence electrons. The molecule has 1 heterocycles. The number of H-pyrrole nitrogens is 1. The number of aromatic carboxylic acids is 1. The van der Waals surface area contributed by atoms with Crippen molar-refractivity contribution in [3.63, 3.8) is 0 Å². The number of nitrogens with zero attached hydrogens (tertiary/aromatic N) is 2. The number of rotatable bonds is 6. The number of benzene rings is 3. The molecule has 0 fully saturated rings. The topological polar surface area (TPSA) is 137 Å². The molecule has 0 bridgehead atoms. The summed E-state index contributed by atoms with van der Waals surface area (Å²) >= 11 is 0. The number of carboxylic acids is 1. The molecule has 1 amide bonds. The fraction of sp³-hybridized carbons (Fsp3) is 0. The molecule has 0 unspecified atom stereocenters. The van der Waals surface area contributed by atoms with Crippen LogP contribution in [0, 0.1) is 0 Å². The van der Waals surface area contributed by atoms with E-state index >= 15 is 0 Å². The second kappa shape index (κ2) is 8.92. The lowest BCUT2D eigenvalue weighted by molar-refractivity contribution is 0.0696. The Morgan fingerprint density at radius 3 is 2.34 bits per heavy atom. The van der Waals surface area contributed by atoms with Crippen molar-refractivity contribution < 1.29 is 14.7 Å². The predicted molar refractivity (Wildman–Crippen MR) is 121 cm³/mol. The number of hydrogen-bond acceptors (Lipinski definition) is 6. The van der Waals surface area contributed by atoms with Gasteiger partial charge in [0.15, 0.2) is 0 Å². The van der Waals surface area contributed by atoms with Gasteiger partial charge < -0.3 is 10.4 Å². The molecule has 9 heteroatoms. The first kappa shape index (κ1) is 20.5. The Labute approximate surface area is 181 Å². The van der Waals surface area contributed by atoms with E-state index in [1.54, 1.807) is 60.7 Å². The minimum Gasteiger partial charge on any atom is -0.478 e. The van der Waals surface area contributed by atoms with E-state index in [-0.39, 0.29) is 11.1 Å². The summed E-state index contributed by atoms with van der Waals surface area (Å²) in [5.41, 5.74) is 4.58. The molecular weight excluding hydrogens is 410 g/mol. The summed E-state index contributed by atoms with van der Waals surface area (Å²) in [4.78, 5) is 42.3. The minimum absolute atomic E-state index is 0.169. The largest absolute Gasteiger partial charge is 0.478 e. The van der Waals surface area contributed by atoms with Crippen molar-refractivity contribution in [2.24, 2.45) is 5.10 Å². The van der Waals surface area contributed by atoms with Crippen molar-refractivity contribution in [1.82, 2.24) is 15.4 Å². The molecular formula is C23H17N5O4. The maximum atomic E-state index is 12.3. The summed E-state index contributed by atoms with van der Waals surface area (Å²) < 4.78 is 0. The summed E-state index contributed by atoms with van der Waals surface area (Å²) in [5.74, 6) is -1.13. The fourth-order valence-corrected chi connectivity index (χ4v) is 2.93. The molecule has 0 saturated carbocycles. The number of carbonyl (C=O) groups excluding carboxylic acids is 1. The lowest BCUT2D eigenvalue weighted by Crippen LogP contribution is -2.17. The monoisotopic (exact) mass is 427 g/mol. The van der Waals surface area contributed by atoms with E-state index in [9.17, 15) is 14.4 Å². The average molecular weight is 427 g/mol. The van der Waals surface area contributed by atoms with Crippen molar-refractivity contribution in [2.45, 2.75) is 0 Å². The summed E-state index contributed by atoms with van der Waals surface area (Å²) in [7, 11) is 0. The molecule has 9 nitrogen and oxygen atoms in total. The van der Waals surface area contributed by atoms with Gasteiger partial charge in [-0.2, -0.15) is 5.10 Å². The molecule has 0 aliphatic rings. The Balaban J connectivity index is 1.39. The molecule has 0 saturated heterocycles. The van der Waals surface area contributed by atoms with Crippen molar-refractivity contribution >= 4 is 40.6 Å². The van der Waals surface area contributed by atoms with Crippen molar-refractivity contribution in [2.75, 3.05) is 5.32 Å². The van der Waals surface area contributed by atoms with E-state index in [0.717, 1.165) is 0 Å². The highest BCUT2D eigenvalue weighted by Crippen LogP contribution is 2.15. The predicted octanol–water partition coefficient (Wildman–Crippen LogP) is 3.13. The van der Waals surface area contributed by atoms with Gasteiger partial charge in [0, 0.05) is 11.3 Å². The molecule has 4 aromatic rings. The number of anilines is 2. The van der Waals surface area contributed by atoms with Crippen LogP contribution in [-0.4, -0.2) is 33.2 Å². The van der Waals surface area contributed by atoms with E-state index in [2.05, 4.69) is 25.8 Å². The van der Waals surface area contributed by atoms with Crippen LogP contribution in [0.25, 0.3) is 10.9 Å². The van der Waals surface area contributed by atoms with Crippen LogP contribution in [0.5, 0.6) is 0 Å². The number of fused-ring (bicyclic) bond motifs is 1. The molecule has 4 N–H and O–H groups in total. The zero-order valence-corrected chi connectivity index (χ0v) is 16.6. The number of carboxylic acid groups (broad SMARTS) is 1. The molecule has 0 spiro atoms. The maximum absolute atomic E-state index is 12.3. The van der Waals surface area contributed by atoms with Crippen LogP contribution >= 0.6 is 0 Å². The normalized spacial score (nSPS) is 10.9. The Hall–Kier alpha value is -4.79. The van der Waals surface area contributed by atoms with Crippen LogP contribution in [0.4, 0.5) is 11.6 Å². The van der Waals surface area contributed by atoms with Gasteiger partial charge in [0.2, 0.25) is 5.95 Å². The van der Waals surface area contributed by atoms with Crippen LogP contribution in [0.2, 0.25) is 0 Å². The minimum atomic E-state index is -1.01. The molecule has 1 aromatic heterocycles. The van der Waals surface area contributed by atoms with Gasteiger partial charge >= 0.3 is 5.97 Å². The van der Waals surface area contributed by atoms with E-state index in [1.165, 1.54) is 18.3 Å². The second-order valence-electron chi connectivity index (χ2n) is 6.76. The van der Waals surface area contributed by atoms with Crippen LogP contribution < -0.4 is 16.3 Å². The van der Waals surface area contributed by atoms with Gasteiger partial charge in [-0.15, -0.1) is 0 Å². The first-order valence-electron chi connectivity index (χ1n) is 9.52. The van der Waals surface area contributed by atoms with Gasteiger partial charge in [-0.25, -0.2) is 15.2 Å². The molecule has 0 aliphatic carbocycles. The van der Waals surface area contributed by atoms with Crippen molar-refractivity contribution in [3.8, 4) is 0 Å². The van der Waals surface area contributed by atoms with Crippen LogP contribution in [0.3, 0.4) is 0 Å². The Bertz CT molecular complexity index is 1380. The fourth-order valence-electron chi connectivity index (χ4n) is 2.93. The number of amides is 1. The molecule has 32 heavy (non-hydrogen) atoms. The lowest BCUT2D eigenvalue weighted by atomic mass is 10.1. The zero-order valence-electron chi connectivity index (χ0n) is 16.6. The number of nitrogens with one attached hydrogen (secondary N) is 3. The SMILES string of the molecule is O=C(O)c1ccc(/C=N\NC(=O)c2ccc(Nc3nc4ccccc4c(=O)[nH]3)cc2)cc1. The maximum Gasteiger partial charge on any atom is 0.335 e. The van der Waals surface area contributed by atoms with Gasteiger partial charge in [-0.05, 0) is 54.1 Å². The van der Waals surface area contributed by atoms with Crippen LogP contribution in [0.15, 0.2) is 82.7 Å². The number of para-hydroxylation sites is 1. The summed E-state index contributed by atoms with van der Waals surface area (Å²) in [6.45, 7) is 0. The third-order valence-corrected chi connectivity index (χ3v) is 4.56. The highest BCUT2D eigenvalue weighted by molar-refractivity contribution is 5.95. The number of hydrazone groups is 1. The summed E-state index contributed by atoms with van der Waals surface area (Å²) in [5, 5.41) is 16.3. The third-order valence-electron chi connectivity index (χ3n) is 4.56. The van der Waals surface area contributed by atoms with Crippen molar-refractivity contribution in [3.05, 3.63) is 99.8 Å². The van der Waals surface area contributed by atoms with Gasteiger partial charge in [-0.1, -0.05) is 24.3 Å². The number of carbonyl (C=O) groups is 2. The number of hydrogen-bond donors (Lipinski definition) is 4. The van der Waals surface area contributed by atoms with E-state index in [4.69, 9.17) is 5.11 Å². The molecule has 0 radical (unpaired) electrons. The lowest BCUT2D eigenvalue weighted by Gasteiger charge is -2.07. The Kier molecular flexibility index (Phi) is 5.71. The average Bonchev–Trinajstić information content (AvgIpc) is 2.80. The van der Waals surface area contributed by atoms with Gasteiger partial charge in [0.05, 0.1) is 22.7 Å². The van der Waals surface area contributed by atoms with Gasteiger partial charge in [0.1, 0.15) is 0 Å². The quantitative estimate of drug-likeness (QED) is 0.276. The van der Waals surface area contributed by atoms with E-state index in [1.807, 2.05) is 0 Å². The highest BCUT2D eigenvalue weighted by atomic mass is 16.4. The first-order valence-corrected chi connectivity index (χ1v) is 9.52. The summed E-state index contributed by atoms with van der Waals surface area (Å²) in [6, 6.07) is 19.7. The Morgan fingerprint density at radius 1 is 0.938 bits per heavy atom. The van der Waals surface area contributed by atoms with Gasteiger partial charge in [-0.3, -0.25) is 14.6 Å². The molecule has 4 rings (SSSR count). The first-order chi connectivity index (χ1) is 15.5. The second-order valence-corrected chi connectivity index (χ2v) is 6.76. The summed E-state index contributed by atoms with van der Waals surface area (Å²) in [6.07, 6.45) is 1.42. The highest BCUT2D eigenvalue weighted by Gasteiger charge is 2.06. The number of aromatic amines is 1.